The van der Waals surface area contributed by atoms with E-state index in [1.54, 1.807) is 30.3 Å². The molecule has 0 aliphatic carbocycles. The lowest BCUT2D eigenvalue weighted by Crippen LogP contribution is -2.29. The SMILES string of the molecule is C[C@H]1CCN(CCOc2ccccc2C(=O)O)[C@@H]1c1cccc(F)c1. The second kappa shape index (κ2) is 7.66. The predicted octanol–water partition coefficient (Wildman–Crippen LogP) is 3.99. The van der Waals surface area contributed by atoms with Crippen LogP contribution in [-0.4, -0.2) is 35.7 Å². The van der Waals surface area contributed by atoms with Gasteiger partial charge in [-0.15, -0.1) is 0 Å². The number of carboxylic acids is 1. The van der Waals surface area contributed by atoms with Crippen molar-refractivity contribution < 1.29 is 19.0 Å². The third-order valence-electron chi connectivity index (χ3n) is 4.75. The van der Waals surface area contributed by atoms with Gasteiger partial charge in [0.2, 0.25) is 0 Å². The third kappa shape index (κ3) is 3.99. The van der Waals surface area contributed by atoms with Crippen LogP contribution in [0.3, 0.4) is 0 Å². The highest BCUT2D eigenvalue weighted by Crippen LogP contribution is 2.36. The second-order valence-electron chi connectivity index (χ2n) is 6.45. The highest BCUT2D eigenvalue weighted by molar-refractivity contribution is 5.90. The van der Waals surface area contributed by atoms with E-state index in [1.807, 2.05) is 6.07 Å². The lowest BCUT2D eigenvalue weighted by Gasteiger charge is -2.27. The summed E-state index contributed by atoms with van der Waals surface area (Å²) in [5.74, 6) is -0.399. The summed E-state index contributed by atoms with van der Waals surface area (Å²) in [5.41, 5.74) is 1.15. The summed E-state index contributed by atoms with van der Waals surface area (Å²) in [6.07, 6.45) is 1.05. The minimum Gasteiger partial charge on any atom is -0.491 e. The topological polar surface area (TPSA) is 49.8 Å². The van der Waals surface area contributed by atoms with Crippen LogP contribution in [0.4, 0.5) is 4.39 Å². The van der Waals surface area contributed by atoms with E-state index in [4.69, 9.17) is 4.74 Å². The number of hydrogen-bond acceptors (Lipinski definition) is 3. The van der Waals surface area contributed by atoms with Crippen LogP contribution in [0.5, 0.6) is 5.75 Å². The van der Waals surface area contributed by atoms with E-state index in [0.717, 1.165) is 18.5 Å². The van der Waals surface area contributed by atoms with Gasteiger partial charge >= 0.3 is 5.97 Å². The lowest BCUT2D eigenvalue weighted by atomic mass is 9.95. The average molecular weight is 343 g/mol. The largest absolute Gasteiger partial charge is 0.491 e. The molecule has 2 atom stereocenters. The maximum atomic E-state index is 13.6. The van der Waals surface area contributed by atoms with Crippen LogP contribution in [0.15, 0.2) is 48.5 Å². The third-order valence-corrected chi connectivity index (χ3v) is 4.75. The van der Waals surface area contributed by atoms with Gasteiger partial charge in [-0.3, -0.25) is 4.90 Å². The molecule has 1 aliphatic heterocycles. The van der Waals surface area contributed by atoms with E-state index in [-0.39, 0.29) is 17.4 Å². The first-order chi connectivity index (χ1) is 12.1. The van der Waals surface area contributed by atoms with Crippen LogP contribution in [0.25, 0.3) is 0 Å². The van der Waals surface area contributed by atoms with Crippen LogP contribution in [0.1, 0.15) is 35.3 Å². The molecule has 0 radical (unpaired) electrons. The Morgan fingerprint density at radius 2 is 2.08 bits per heavy atom. The van der Waals surface area contributed by atoms with E-state index in [9.17, 15) is 14.3 Å². The molecule has 0 aromatic heterocycles. The van der Waals surface area contributed by atoms with Gasteiger partial charge in [0, 0.05) is 12.6 Å². The zero-order valence-corrected chi connectivity index (χ0v) is 14.2. The van der Waals surface area contributed by atoms with Crippen molar-refractivity contribution in [3.8, 4) is 5.75 Å². The van der Waals surface area contributed by atoms with Crippen LogP contribution in [0.2, 0.25) is 0 Å². The monoisotopic (exact) mass is 343 g/mol. The molecule has 2 aromatic carbocycles. The van der Waals surface area contributed by atoms with Gasteiger partial charge in [0.15, 0.2) is 0 Å². The fourth-order valence-corrected chi connectivity index (χ4v) is 3.55. The molecule has 0 bridgehead atoms. The molecule has 5 heteroatoms. The van der Waals surface area contributed by atoms with E-state index in [1.165, 1.54) is 12.1 Å². The minimum absolute atomic E-state index is 0.161. The summed E-state index contributed by atoms with van der Waals surface area (Å²) in [4.78, 5) is 13.5. The lowest BCUT2D eigenvalue weighted by molar-refractivity contribution is 0.0691. The van der Waals surface area contributed by atoms with Crippen LogP contribution < -0.4 is 4.74 Å². The van der Waals surface area contributed by atoms with E-state index in [0.29, 0.717) is 24.8 Å². The zero-order valence-electron chi connectivity index (χ0n) is 14.2. The summed E-state index contributed by atoms with van der Waals surface area (Å²) >= 11 is 0. The molecule has 2 aromatic rings. The van der Waals surface area contributed by atoms with Gasteiger partial charge in [0.1, 0.15) is 23.7 Å². The second-order valence-corrected chi connectivity index (χ2v) is 6.45. The molecule has 4 nitrogen and oxygen atoms in total. The Kier molecular flexibility index (Phi) is 5.34. The molecule has 132 valence electrons. The van der Waals surface area contributed by atoms with Gasteiger partial charge in [-0.05, 0) is 48.7 Å². The quantitative estimate of drug-likeness (QED) is 0.862. The number of nitrogens with zero attached hydrogens (tertiary/aromatic N) is 1. The number of hydrogen-bond donors (Lipinski definition) is 1. The highest BCUT2D eigenvalue weighted by Gasteiger charge is 2.32. The summed E-state index contributed by atoms with van der Waals surface area (Å²) < 4.78 is 19.3. The van der Waals surface area contributed by atoms with Gasteiger partial charge in [-0.25, -0.2) is 9.18 Å². The van der Waals surface area contributed by atoms with Crippen molar-refractivity contribution >= 4 is 5.97 Å². The predicted molar refractivity (Wildman–Crippen MR) is 93.4 cm³/mol. The van der Waals surface area contributed by atoms with Crippen molar-refractivity contribution in [1.82, 2.24) is 4.90 Å². The van der Waals surface area contributed by atoms with Crippen molar-refractivity contribution in [2.75, 3.05) is 19.7 Å². The Bertz CT molecular complexity index is 749. The number of benzene rings is 2. The number of aromatic carboxylic acids is 1. The first-order valence-electron chi connectivity index (χ1n) is 8.51. The van der Waals surface area contributed by atoms with Gasteiger partial charge in [0.25, 0.3) is 0 Å². The molecule has 1 aliphatic rings. The number of halogens is 1. The number of likely N-dealkylation sites (tertiary alicyclic amines) is 1. The van der Waals surface area contributed by atoms with Gasteiger partial charge in [-0.2, -0.15) is 0 Å². The fraction of sp³-hybridized carbons (Fsp3) is 0.350. The van der Waals surface area contributed by atoms with Crippen molar-refractivity contribution in [3.05, 3.63) is 65.5 Å². The number of carboxylic acid groups (broad SMARTS) is 1. The Morgan fingerprint density at radius 3 is 2.84 bits per heavy atom. The van der Waals surface area contributed by atoms with Gasteiger partial charge < -0.3 is 9.84 Å². The smallest absolute Gasteiger partial charge is 0.339 e. The van der Waals surface area contributed by atoms with Crippen LogP contribution in [0, 0.1) is 11.7 Å². The maximum Gasteiger partial charge on any atom is 0.339 e. The number of para-hydroxylation sites is 1. The summed E-state index contributed by atoms with van der Waals surface area (Å²) in [5, 5.41) is 9.20. The molecule has 3 rings (SSSR count). The van der Waals surface area contributed by atoms with E-state index < -0.39 is 5.97 Å². The van der Waals surface area contributed by atoms with Crippen molar-refractivity contribution in [2.45, 2.75) is 19.4 Å². The van der Waals surface area contributed by atoms with E-state index in [2.05, 4.69) is 11.8 Å². The number of carbonyl (C=O) groups is 1. The summed E-state index contributed by atoms with van der Waals surface area (Å²) in [6, 6.07) is 13.6. The van der Waals surface area contributed by atoms with E-state index >= 15 is 0 Å². The molecule has 25 heavy (non-hydrogen) atoms. The first kappa shape index (κ1) is 17.4. The average Bonchev–Trinajstić information content (AvgIpc) is 2.96. The molecule has 0 spiro atoms. The summed E-state index contributed by atoms with van der Waals surface area (Å²) in [7, 11) is 0. The Balaban J connectivity index is 1.65. The Labute approximate surface area is 146 Å². The maximum absolute atomic E-state index is 13.6. The molecule has 1 saturated heterocycles. The first-order valence-corrected chi connectivity index (χ1v) is 8.51. The molecule has 1 N–H and O–H groups in total. The number of rotatable bonds is 6. The molecule has 1 heterocycles. The highest BCUT2D eigenvalue weighted by atomic mass is 19.1. The van der Waals surface area contributed by atoms with Gasteiger partial charge in [-0.1, -0.05) is 31.2 Å². The van der Waals surface area contributed by atoms with Crippen molar-refractivity contribution in [1.29, 1.82) is 0 Å². The summed E-state index contributed by atoms with van der Waals surface area (Å²) in [6.45, 7) is 4.16. The fourth-order valence-electron chi connectivity index (χ4n) is 3.55. The van der Waals surface area contributed by atoms with Crippen molar-refractivity contribution in [3.63, 3.8) is 0 Å². The number of ether oxygens (including phenoxy) is 1. The molecule has 0 saturated carbocycles. The molecule has 0 unspecified atom stereocenters. The minimum atomic E-state index is -0.997. The van der Waals surface area contributed by atoms with Gasteiger partial charge in [0.05, 0.1) is 0 Å². The molecule has 0 amide bonds. The molecule has 1 fully saturated rings. The zero-order chi connectivity index (χ0) is 17.8. The van der Waals surface area contributed by atoms with Crippen LogP contribution in [-0.2, 0) is 0 Å². The van der Waals surface area contributed by atoms with Crippen LogP contribution >= 0.6 is 0 Å². The normalized spacial score (nSPS) is 20.6. The molecular formula is C20H22FNO3. The Morgan fingerprint density at radius 1 is 1.28 bits per heavy atom. The molecular weight excluding hydrogens is 321 g/mol. The standard InChI is InChI=1S/C20H22FNO3/c1-14-9-10-22(19(14)15-5-4-6-16(21)13-15)11-12-25-18-8-3-2-7-17(18)20(23)24/h2-8,13-14,19H,9-12H2,1H3,(H,23,24)/t14-,19-/m0/s1. The van der Waals surface area contributed by atoms with Crippen molar-refractivity contribution in [2.24, 2.45) is 5.92 Å². The Hall–Kier alpha value is -2.40.